The van der Waals surface area contributed by atoms with Crippen LogP contribution in [-0.4, -0.2) is 25.7 Å². The number of amides is 1. The van der Waals surface area contributed by atoms with Gasteiger partial charge in [0.05, 0.1) is 15.6 Å². The molecule has 3 N–H and O–H groups in total. The van der Waals surface area contributed by atoms with Gasteiger partial charge < -0.3 is 15.8 Å². The average molecular weight is 291 g/mol. The molecule has 6 heteroatoms. The van der Waals surface area contributed by atoms with Crippen LogP contribution in [0, 0.1) is 0 Å². The first-order valence-corrected chi connectivity index (χ1v) is 6.42. The monoisotopic (exact) mass is 290 g/mol. The summed E-state index contributed by atoms with van der Waals surface area (Å²) in [5.41, 5.74) is 6.31. The summed E-state index contributed by atoms with van der Waals surface area (Å²) in [5.74, 6) is -0.286. The van der Waals surface area contributed by atoms with Crippen LogP contribution in [0.3, 0.4) is 0 Å². The normalized spacial score (nSPS) is 10.4. The van der Waals surface area contributed by atoms with Crippen molar-refractivity contribution in [2.75, 3.05) is 25.5 Å². The van der Waals surface area contributed by atoms with Crippen LogP contribution >= 0.6 is 23.2 Å². The summed E-state index contributed by atoms with van der Waals surface area (Å²) < 4.78 is 5.16. The molecule has 0 atom stereocenters. The highest BCUT2D eigenvalue weighted by Crippen LogP contribution is 2.28. The maximum Gasteiger partial charge on any atom is 0.252 e. The number of benzene rings is 1. The first kappa shape index (κ1) is 15.1. The third-order valence-corrected chi connectivity index (χ3v) is 3.05. The first-order valence-electron chi connectivity index (χ1n) is 5.66. The molecule has 0 saturated heterocycles. The van der Waals surface area contributed by atoms with Crippen molar-refractivity contribution >= 4 is 34.8 Å². The van der Waals surface area contributed by atoms with Gasteiger partial charge in [-0.15, -0.1) is 0 Å². The predicted molar refractivity (Wildman–Crippen MR) is 74.3 cm³/mol. The van der Waals surface area contributed by atoms with Gasteiger partial charge in [-0.1, -0.05) is 23.2 Å². The Morgan fingerprint density at radius 2 is 2.17 bits per heavy atom. The molecule has 0 spiro atoms. The number of nitrogens with two attached hydrogens (primary N) is 1. The average Bonchev–Trinajstić information content (AvgIpc) is 2.33. The highest BCUT2D eigenvalue weighted by Gasteiger charge is 2.13. The molecule has 1 aromatic rings. The molecule has 100 valence electrons. The third-order valence-electron chi connectivity index (χ3n) is 2.25. The van der Waals surface area contributed by atoms with E-state index in [0.29, 0.717) is 25.4 Å². The molecule has 0 radical (unpaired) electrons. The second kappa shape index (κ2) is 7.46. The molecule has 0 saturated carbocycles. The Labute approximate surface area is 116 Å². The second-order valence-corrected chi connectivity index (χ2v) is 4.46. The number of hydrogen-bond acceptors (Lipinski definition) is 3. The van der Waals surface area contributed by atoms with E-state index in [1.807, 2.05) is 6.92 Å². The predicted octanol–water partition coefficient (Wildman–Crippen LogP) is 2.73. The molecule has 0 aliphatic heterocycles. The van der Waals surface area contributed by atoms with Crippen molar-refractivity contribution in [3.8, 4) is 0 Å². The largest absolute Gasteiger partial charge is 0.399 e. The number of carbonyl (C=O) groups is 1. The van der Waals surface area contributed by atoms with Crippen molar-refractivity contribution in [3.63, 3.8) is 0 Å². The van der Waals surface area contributed by atoms with E-state index in [9.17, 15) is 4.79 Å². The SMILES string of the molecule is CCOCCCNC(=O)c1cc(N)cc(Cl)c1Cl. The number of nitrogen functional groups attached to an aromatic ring is 1. The van der Waals surface area contributed by atoms with Gasteiger partial charge >= 0.3 is 0 Å². The lowest BCUT2D eigenvalue weighted by Gasteiger charge is -2.08. The van der Waals surface area contributed by atoms with Gasteiger partial charge in [0.15, 0.2) is 0 Å². The van der Waals surface area contributed by atoms with Gasteiger partial charge in [-0.2, -0.15) is 0 Å². The standard InChI is InChI=1S/C12H16Cl2N2O2/c1-2-18-5-3-4-16-12(17)9-6-8(15)7-10(13)11(9)14/h6-7H,2-5,15H2,1H3,(H,16,17). The molecule has 1 rings (SSSR count). The highest BCUT2D eigenvalue weighted by atomic mass is 35.5. The number of carbonyl (C=O) groups excluding carboxylic acids is 1. The summed E-state index contributed by atoms with van der Waals surface area (Å²) >= 11 is 11.8. The van der Waals surface area contributed by atoms with E-state index < -0.39 is 0 Å². The molecule has 1 amide bonds. The van der Waals surface area contributed by atoms with Crippen LogP contribution in [0.15, 0.2) is 12.1 Å². The van der Waals surface area contributed by atoms with Crippen LogP contribution in [0.1, 0.15) is 23.7 Å². The van der Waals surface area contributed by atoms with Gasteiger partial charge in [0.1, 0.15) is 0 Å². The topological polar surface area (TPSA) is 64.3 Å². The Morgan fingerprint density at radius 1 is 1.44 bits per heavy atom. The molecule has 18 heavy (non-hydrogen) atoms. The number of hydrogen-bond donors (Lipinski definition) is 2. The van der Waals surface area contributed by atoms with Crippen molar-refractivity contribution < 1.29 is 9.53 Å². The minimum Gasteiger partial charge on any atom is -0.399 e. The summed E-state index contributed by atoms with van der Waals surface area (Å²) in [5, 5.41) is 3.23. The zero-order valence-electron chi connectivity index (χ0n) is 10.1. The van der Waals surface area contributed by atoms with E-state index in [0.717, 1.165) is 6.42 Å². The Hall–Kier alpha value is -0.970. The van der Waals surface area contributed by atoms with E-state index >= 15 is 0 Å². The molecule has 0 aromatic heterocycles. The Morgan fingerprint density at radius 3 is 2.83 bits per heavy atom. The number of rotatable bonds is 6. The van der Waals surface area contributed by atoms with Crippen molar-refractivity contribution in [2.45, 2.75) is 13.3 Å². The van der Waals surface area contributed by atoms with Crippen molar-refractivity contribution in [2.24, 2.45) is 0 Å². The van der Waals surface area contributed by atoms with Crippen LogP contribution in [0.25, 0.3) is 0 Å². The van der Waals surface area contributed by atoms with Crippen LogP contribution in [0.4, 0.5) is 5.69 Å². The highest BCUT2D eigenvalue weighted by molar-refractivity contribution is 6.44. The maximum atomic E-state index is 11.9. The summed E-state index contributed by atoms with van der Waals surface area (Å²) in [6.07, 6.45) is 0.743. The molecule has 1 aromatic carbocycles. The second-order valence-electron chi connectivity index (χ2n) is 3.67. The summed E-state index contributed by atoms with van der Waals surface area (Å²) in [6, 6.07) is 3.02. The summed E-state index contributed by atoms with van der Waals surface area (Å²) in [4.78, 5) is 11.9. The van der Waals surface area contributed by atoms with Crippen LogP contribution in [0.2, 0.25) is 10.0 Å². The first-order chi connectivity index (χ1) is 8.56. The number of nitrogens with one attached hydrogen (secondary N) is 1. The molecule has 0 unspecified atom stereocenters. The van der Waals surface area contributed by atoms with Crippen LogP contribution in [0.5, 0.6) is 0 Å². The molecular weight excluding hydrogens is 275 g/mol. The van der Waals surface area contributed by atoms with Crippen LogP contribution in [-0.2, 0) is 4.74 Å². The van der Waals surface area contributed by atoms with Gasteiger partial charge in [0.2, 0.25) is 0 Å². The van der Waals surface area contributed by atoms with Crippen LogP contribution < -0.4 is 11.1 Å². The summed E-state index contributed by atoms with van der Waals surface area (Å²) in [6.45, 7) is 3.72. The summed E-state index contributed by atoms with van der Waals surface area (Å²) in [7, 11) is 0. The van der Waals surface area contributed by atoms with E-state index in [2.05, 4.69) is 5.32 Å². The smallest absolute Gasteiger partial charge is 0.252 e. The molecule has 0 fully saturated rings. The lowest BCUT2D eigenvalue weighted by molar-refractivity contribution is 0.0944. The molecule has 0 bridgehead atoms. The van der Waals surface area contributed by atoms with E-state index in [1.54, 1.807) is 0 Å². The van der Waals surface area contributed by atoms with Gasteiger partial charge in [0, 0.05) is 25.4 Å². The zero-order chi connectivity index (χ0) is 13.5. The van der Waals surface area contributed by atoms with Gasteiger partial charge in [-0.05, 0) is 25.5 Å². The lowest BCUT2D eigenvalue weighted by Crippen LogP contribution is -2.25. The molecule has 0 aliphatic rings. The minimum atomic E-state index is -0.286. The molecule has 0 heterocycles. The van der Waals surface area contributed by atoms with Crippen molar-refractivity contribution in [1.29, 1.82) is 0 Å². The lowest BCUT2D eigenvalue weighted by atomic mass is 10.2. The Bertz CT molecular complexity index is 425. The third kappa shape index (κ3) is 4.37. The quantitative estimate of drug-likeness (QED) is 0.625. The number of anilines is 1. The van der Waals surface area contributed by atoms with E-state index in [1.165, 1.54) is 12.1 Å². The molecule has 4 nitrogen and oxygen atoms in total. The molecule has 0 aliphatic carbocycles. The number of ether oxygens (including phenoxy) is 1. The Kier molecular flexibility index (Phi) is 6.25. The Balaban J connectivity index is 2.56. The van der Waals surface area contributed by atoms with E-state index in [4.69, 9.17) is 33.7 Å². The molecular formula is C12H16Cl2N2O2. The fourth-order valence-corrected chi connectivity index (χ4v) is 1.81. The van der Waals surface area contributed by atoms with Gasteiger partial charge in [-0.25, -0.2) is 0 Å². The van der Waals surface area contributed by atoms with E-state index in [-0.39, 0.29) is 21.5 Å². The maximum absolute atomic E-state index is 11.9. The van der Waals surface area contributed by atoms with Crippen molar-refractivity contribution in [1.82, 2.24) is 5.32 Å². The van der Waals surface area contributed by atoms with Gasteiger partial charge in [-0.3, -0.25) is 4.79 Å². The fraction of sp³-hybridized carbons (Fsp3) is 0.417. The minimum absolute atomic E-state index is 0.216. The zero-order valence-corrected chi connectivity index (χ0v) is 11.6. The van der Waals surface area contributed by atoms with Gasteiger partial charge in [0.25, 0.3) is 5.91 Å². The number of halogens is 2. The fourth-order valence-electron chi connectivity index (χ4n) is 1.39. The van der Waals surface area contributed by atoms with Crippen molar-refractivity contribution in [3.05, 3.63) is 27.7 Å².